The molecule has 0 fully saturated rings. The third-order valence-electron chi connectivity index (χ3n) is 1.86. The van der Waals surface area contributed by atoms with Gasteiger partial charge in [0.25, 0.3) is 35.5 Å². The SMILES string of the molecule is C.C.C.CN=P(C)(Cl)Cl.Cl.ClP(Cl)(Cl)(Cl)Cl.ClP1(Cl)=NP(Cl)(Cl)=NP(Cl)(Cl)=NP(Cl)(Cl)=N1.ClP1(Cl)=NP(Cl)(Cl)=NP(Cl)([ClH+])=N1.[NH4+]. The molecule has 2 heterocycles. The number of rotatable bonds is 0. The van der Waals surface area contributed by atoms with Crippen LogP contribution in [0.1, 0.15) is 22.3 Å². The summed E-state index contributed by atoms with van der Waals surface area (Å²) in [6, 6.07) is 0. The minimum absolute atomic E-state index is 0. The van der Waals surface area contributed by atoms with Crippen LogP contribution in [0, 0.1) is 11.2 Å². The van der Waals surface area contributed by atoms with Gasteiger partial charge in [-0.05, 0) is 142 Å². The Bertz CT molecular complexity index is 1160. The monoisotopic (exact) mass is 1260 g/mol. The fourth-order valence-electron chi connectivity index (χ4n) is 1.04. The smallest absolute Gasteiger partial charge is 0.369 e. The van der Waals surface area contributed by atoms with Crippen molar-refractivity contribution in [2.75, 3.05) is 13.7 Å². The maximum absolute atomic E-state index is 5.78. The number of quaternary nitrogens is 1. The molecule has 2 aliphatic rings. The average molecular weight is 1270 g/mol. The zero-order valence-corrected chi connectivity index (χ0v) is 43.8. The maximum Gasteiger partial charge on any atom is 0.439 e. The second-order valence-electron chi connectivity index (χ2n) is 5.43. The molecule has 286 valence electrons. The molecule has 0 radical (unpaired) electrons. The van der Waals surface area contributed by atoms with E-state index in [1.165, 1.54) is 0 Å². The van der Waals surface area contributed by atoms with E-state index in [1.807, 2.05) is 0 Å². The van der Waals surface area contributed by atoms with E-state index in [4.69, 9.17) is 236 Å². The largest absolute Gasteiger partial charge is 0.439 e. The van der Waals surface area contributed by atoms with Gasteiger partial charge >= 0.3 is 65.5 Å². The van der Waals surface area contributed by atoms with Gasteiger partial charge in [0.1, 0.15) is 5.76 Å². The predicted molar refractivity (Wildman–Crippen MR) is 245 cm³/mol. The second kappa shape index (κ2) is 25.2. The van der Waals surface area contributed by atoms with Crippen LogP contribution in [0.5, 0.6) is 0 Å². The number of hydrogen-bond donors (Lipinski definition) is 1. The van der Waals surface area contributed by atoms with Crippen LogP contribution in [0.4, 0.5) is 0 Å². The van der Waals surface area contributed by atoms with E-state index in [2.05, 4.69) is 36.4 Å². The van der Waals surface area contributed by atoms with Crippen molar-refractivity contribution in [1.82, 2.24) is 6.15 Å². The van der Waals surface area contributed by atoms with Crippen molar-refractivity contribution in [3.05, 3.63) is 0 Å². The molecular weight excluding hydrogens is 1240 g/mol. The molecule has 0 saturated carbocycles. The van der Waals surface area contributed by atoms with Crippen LogP contribution in [-0.2, 0) is 0 Å². The molecule has 0 amide bonds. The molecule has 1 atom stereocenters. The fraction of sp³-hybridized carbons (Fsp3) is 1.00. The molecule has 0 aliphatic carbocycles. The molecule has 0 aromatic heterocycles. The minimum Gasteiger partial charge on any atom is -0.369 e. The van der Waals surface area contributed by atoms with Crippen molar-refractivity contribution in [2.45, 2.75) is 22.3 Å². The Balaban J connectivity index is -0.0000000891. The van der Waals surface area contributed by atoms with Gasteiger partial charge in [0.05, 0.1) is 0 Å². The fourth-order valence-corrected chi connectivity index (χ4v) is 45.3. The van der Waals surface area contributed by atoms with Gasteiger partial charge in [-0.1, -0.05) is 44.8 Å². The Morgan fingerprint density at radius 2 is 0.644 bits per heavy atom. The summed E-state index contributed by atoms with van der Waals surface area (Å²) in [4.78, 5) is 0. The molecule has 4 N–H and O–H groups in total. The van der Waals surface area contributed by atoms with Crippen molar-refractivity contribution in [3.8, 4) is 0 Å². The summed E-state index contributed by atoms with van der Waals surface area (Å²) < 4.78 is 25.8. The first-order valence-corrected chi connectivity index (χ1v) is 42.9. The van der Waals surface area contributed by atoms with E-state index >= 15 is 0 Å². The minimum atomic E-state index is -3.69. The number of nitrogens with zero attached hydrogens (tertiary/aromatic N) is 8. The van der Waals surface area contributed by atoms with Gasteiger partial charge in [-0.2, -0.15) is 22.6 Å². The van der Waals surface area contributed by atoms with E-state index in [-0.39, 0.29) is 40.8 Å². The molecule has 45 heavy (non-hydrogen) atoms. The normalized spacial score (nSPS) is 24.6. The van der Waals surface area contributed by atoms with Gasteiger partial charge < -0.3 is 6.15 Å². The van der Waals surface area contributed by atoms with Crippen LogP contribution >= 0.6 is 288 Å². The molecular formula is C5H24Cl22N9P9+2. The van der Waals surface area contributed by atoms with E-state index in [1.54, 1.807) is 13.7 Å². The zero-order valence-electron chi connectivity index (χ0n) is 19.0. The van der Waals surface area contributed by atoms with Crippen molar-refractivity contribution >= 4 is 288 Å². The Labute approximate surface area is 371 Å². The first-order chi connectivity index (χ1) is 16.7. The summed E-state index contributed by atoms with van der Waals surface area (Å²) >= 11 is 115. The molecule has 1 unspecified atom stereocenters. The molecule has 9 nitrogen and oxygen atoms in total. The molecule has 0 bridgehead atoms. The maximum atomic E-state index is 5.78. The van der Waals surface area contributed by atoms with Gasteiger partial charge in [0.15, 0.2) is 11.2 Å². The summed E-state index contributed by atoms with van der Waals surface area (Å²) in [5.74, 6) is -23.3. The van der Waals surface area contributed by atoms with Gasteiger partial charge in [-0.15, -0.1) is 21.4 Å². The molecule has 0 spiro atoms. The van der Waals surface area contributed by atoms with Crippen LogP contribution in [-0.4, -0.2) is 13.7 Å². The quantitative estimate of drug-likeness (QED) is 0.231. The van der Waals surface area contributed by atoms with Gasteiger partial charge in [-0.3, -0.25) is 4.74 Å². The van der Waals surface area contributed by atoms with Crippen LogP contribution < -0.4 is 6.15 Å². The standard InChI is InChI=1S/C2H6Cl2NP.3CH4.Cl8N4P4.Cl6HN3P3.Cl5P.ClH.H3N/c1-5-6(2,3)4;;;;1-13(2)9-14(3,4)11-16(7,8)12-15(5,6)10-13;1-10(2)7-11(3,4)9-12(5,6)8-10;1-6(2,3,4)5;;/h1-2H3;3*1H4;;1H;;1H;1H3/q;;;;;+1;;;/p+1. The third kappa shape index (κ3) is 46.9. The number of halogens is 22. The average Bonchev–Trinajstić information content (AvgIpc) is 2.41. The summed E-state index contributed by atoms with van der Waals surface area (Å²) in [5.41, 5.74) is 0. The van der Waals surface area contributed by atoms with Crippen molar-refractivity contribution < 1.29 is 11.2 Å². The van der Waals surface area contributed by atoms with Crippen molar-refractivity contribution in [1.29, 1.82) is 0 Å². The van der Waals surface area contributed by atoms with Gasteiger partial charge in [0.2, 0.25) is 0 Å². The molecule has 2 rings (SSSR count). The van der Waals surface area contributed by atoms with Crippen molar-refractivity contribution in [3.63, 3.8) is 0 Å². The van der Waals surface area contributed by atoms with Crippen molar-refractivity contribution in [2.24, 2.45) is 36.4 Å². The van der Waals surface area contributed by atoms with Crippen LogP contribution in [0.2, 0.25) is 0 Å². The summed E-state index contributed by atoms with van der Waals surface area (Å²) in [6.45, 7) is 1.72. The zero-order chi connectivity index (χ0) is 33.1. The van der Waals surface area contributed by atoms with Gasteiger partial charge in [0, 0.05) is 18.3 Å². The third-order valence-corrected chi connectivity index (χ3v) is 32.7. The Hall–Kier alpha value is 8.61. The van der Waals surface area contributed by atoms with E-state index < -0.39 is 50.5 Å². The first kappa shape index (κ1) is 68.3. The molecule has 2 aliphatic heterocycles. The summed E-state index contributed by atoms with van der Waals surface area (Å²) in [5, 5.41) is 0. The van der Waals surface area contributed by atoms with E-state index in [9.17, 15) is 0 Å². The Morgan fingerprint density at radius 1 is 0.511 bits per heavy atom. The van der Waals surface area contributed by atoms with Crippen LogP contribution in [0.3, 0.4) is 0 Å². The molecule has 40 heteroatoms. The van der Waals surface area contributed by atoms with E-state index in [0.717, 1.165) is 0 Å². The predicted octanol–water partition coefficient (Wildman–Crippen LogP) is 25.8. The summed E-state index contributed by atoms with van der Waals surface area (Å²) in [6.07, 6.45) is 0. The Kier molecular flexibility index (Phi) is 38.2. The van der Waals surface area contributed by atoms with Crippen LogP contribution in [0.25, 0.3) is 0 Å². The molecule has 0 aromatic rings. The van der Waals surface area contributed by atoms with Gasteiger partial charge in [-0.25, -0.2) is 0 Å². The first-order valence-electron chi connectivity index (χ1n) is 7.46. The molecule has 0 aromatic carbocycles. The second-order valence-corrected chi connectivity index (χ2v) is 63.5. The topological polar surface area (TPSA) is 135 Å². The summed E-state index contributed by atoms with van der Waals surface area (Å²) in [7, 11) is 1.62. The Morgan fingerprint density at radius 3 is 0.756 bits per heavy atom. The number of hydrogen-bond acceptors (Lipinski definition) is 8. The van der Waals surface area contributed by atoms with Crippen LogP contribution in [0.15, 0.2) is 36.4 Å². The molecule has 0 saturated heterocycles. The van der Waals surface area contributed by atoms with E-state index in [0.29, 0.717) is 0 Å².